The molecule has 2 N–H and O–H groups in total. The lowest BCUT2D eigenvalue weighted by molar-refractivity contribution is 0.591. The first-order valence-electron chi connectivity index (χ1n) is 6.32. The zero-order chi connectivity index (χ0) is 15.5. The van der Waals surface area contributed by atoms with E-state index in [1.54, 1.807) is 32.2 Å². The van der Waals surface area contributed by atoms with Crippen LogP contribution in [0.15, 0.2) is 41.3 Å². The van der Waals surface area contributed by atoms with Gasteiger partial charge in [0.1, 0.15) is 11.6 Å². The maximum Gasteiger partial charge on any atom is 0.263 e. The Bertz CT molecular complexity index is 748. The first kappa shape index (κ1) is 15.4. The van der Waals surface area contributed by atoms with E-state index in [1.165, 1.54) is 12.1 Å². The van der Waals surface area contributed by atoms with Crippen molar-refractivity contribution in [2.24, 2.45) is 0 Å². The van der Waals surface area contributed by atoms with Crippen LogP contribution in [0.2, 0.25) is 0 Å². The third-order valence-corrected chi connectivity index (χ3v) is 4.17. The molecule has 0 unspecified atom stereocenters. The van der Waals surface area contributed by atoms with E-state index in [9.17, 15) is 12.8 Å². The molecule has 2 rings (SSSR count). The molecule has 0 aliphatic heterocycles. The Morgan fingerprint density at radius 1 is 1.24 bits per heavy atom. The van der Waals surface area contributed by atoms with E-state index in [0.29, 0.717) is 5.69 Å². The van der Waals surface area contributed by atoms with Gasteiger partial charge in [-0.2, -0.15) is 0 Å². The van der Waals surface area contributed by atoms with Gasteiger partial charge in [0.2, 0.25) is 0 Å². The van der Waals surface area contributed by atoms with Crippen LogP contribution in [0.3, 0.4) is 0 Å². The van der Waals surface area contributed by atoms with Gasteiger partial charge >= 0.3 is 0 Å². The summed E-state index contributed by atoms with van der Waals surface area (Å²) in [7, 11) is -2.13. The zero-order valence-corrected chi connectivity index (χ0v) is 12.5. The smallest absolute Gasteiger partial charge is 0.263 e. The number of anilines is 1. The highest BCUT2D eigenvalue weighted by Crippen LogP contribution is 2.18. The van der Waals surface area contributed by atoms with Crippen molar-refractivity contribution in [3.05, 3.63) is 53.5 Å². The van der Waals surface area contributed by atoms with E-state index in [0.717, 1.165) is 6.07 Å². The molecule has 0 amide bonds. The molecule has 5 nitrogen and oxygen atoms in total. The van der Waals surface area contributed by atoms with Crippen LogP contribution < -0.4 is 10.0 Å². The number of hydrogen-bond donors (Lipinski definition) is 2. The lowest BCUT2D eigenvalue weighted by Gasteiger charge is -2.10. The van der Waals surface area contributed by atoms with Crippen molar-refractivity contribution in [2.75, 3.05) is 11.8 Å². The van der Waals surface area contributed by atoms with Crippen LogP contribution in [0.25, 0.3) is 0 Å². The number of pyridine rings is 1. The molecule has 0 atom stereocenters. The maximum atomic E-state index is 13.6. The van der Waals surface area contributed by atoms with E-state index >= 15 is 0 Å². The van der Waals surface area contributed by atoms with Crippen LogP contribution in [0.4, 0.5) is 10.2 Å². The molecule has 0 saturated heterocycles. The molecule has 0 saturated carbocycles. The first-order valence-corrected chi connectivity index (χ1v) is 7.80. The van der Waals surface area contributed by atoms with E-state index in [1.807, 2.05) is 0 Å². The average molecular weight is 309 g/mol. The fraction of sp³-hybridized carbons (Fsp3) is 0.214. The molecule has 112 valence electrons. The van der Waals surface area contributed by atoms with Crippen LogP contribution in [0.1, 0.15) is 11.3 Å². The molecular weight excluding hydrogens is 293 g/mol. The number of benzene rings is 1. The Balaban J connectivity index is 2.33. The lowest BCUT2D eigenvalue weighted by Crippen LogP contribution is -2.15. The lowest BCUT2D eigenvalue weighted by atomic mass is 10.2. The monoisotopic (exact) mass is 309 g/mol. The maximum absolute atomic E-state index is 13.6. The van der Waals surface area contributed by atoms with Crippen molar-refractivity contribution >= 4 is 15.8 Å². The molecule has 1 heterocycles. The third-order valence-electron chi connectivity index (χ3n) is 2.82. The van der Waals surface area contributed by atoms with Gasteiger partial charge in [-0.1, -0.05) is 6.07 Å². The zero-order valence-electron chi connectivity index (χ0n) is 11.7. The molecule has 21 heavy (non-hydrogen) atoms. The number of aromatic nitrogens is 1. The van der Waals surface area contributed by atoms with Crippen molar-refractivity contribution in [1.29, 1.82) is 0 Å². The third kappa shape index (κ3) is 3.77. The molecular formula is C14H16FN3O2S. The highest BCUT2D eigenvalue weighted by Gasteiger charge is 2.17. The summed E-state index contributed by atoms with van der Waals surface area (Å²) in [5.41, 5.74) is 0.989. The van der Waals surface area contributed by atoms with Crippen LogP contribution in [0.5, 0.6) is 0 Å². The molecule has 0 radical (unpaired) electrons. The fourth-order valence-electron chi connectivity index (χ4n) is 1.84. The standard InChI is InChI=1S/C14H16FN3O2S/c1-10-4-3-5-14(17-10)18-21(19,20)12-6-7-13(15)11(8-12)9-16-2/h3-8,16H,9H2,1-2H3,(H,17,18). The van der Waals surface area contributed by atoms with Gasteiger partial charge in [-0.05, 0) is 44.3 Å². The number of aryl methyl sites for hydroxylation is 1. The van der Waals surface area contributed by atoms with E-state index in [4.69, 9.17) is 0 Å². The summed E-state index contributed by atoms with van der Waals surface area (Å²) in [4.78, 5) is 4.08. The van der Waals surface area contributed by atoms with Crippen LogP contribution in [-0.2, 0) is 16.6 Å². The summed E-state index contributed by atoms with van der Waals surface area (Å²) in [5.74, 6) is -0.216. The molecule has 1 aromatic carbocycles. The minimum atomic E-state index is -3.79. The fourth-order valence-corrected chi connectivity index (χ4v) is 2.89. The highest BCUT2D eigenvalue weighted by molar-refractivity contribution is 7.92. The molecule has 7 heteroatoms. The van der Waals surface area contributed by atoms with E-state index in [-0.39, 0.29) is 22.8 Å². The molecule has 0 aliphatic rings. The van der Waals surface area contributed by atoms with Gasteiger partial charge < -0.3 is 5.32 Å². The Labute approximate surface area is 123 Å². The topological polar surface area (TPSA) is 71.1 Å². The van der Waals surface area contributed by atoms with Crippen molar-refractivity contribution < 1.29 is 12.8 Å². The average Bonchev–Trinajstić information content (AvgIpc) is 2.41. The molecule has 0 aliphatic carbocycles. The second-order valence-electron chi connectivity index (χ2n) is 4.55. The molecule has 0 spiro atoms. The van der Waals surface area contributed by atoms with E-state index in [2.05, 4.69) is 15.0 Å². The Morgan fingerprint density at radius 3 is 2.67 bits per heavy atom. The highest BCUT2D eigenvalue weighted by atomic mass is 32.2. The van der Waals surface area contributed by atoms with Crippen molar-refractivity contribution in [3.63, 3.8) is 0 Å². The summed E-state index contributed by atoms with van der Waals surface area (Å²) in [5, 5.41) is 2.79. The molecule has 2 aromatic rings. The summed E-state index contributed by atoms with van der Waals surface area (Å²) < 4.78 is 40.5. The van der Waals surface area contributed by atoms with Crippen LogP contribution >= 0.6 is 0 Å². The number of nitrogens with zero attached hydrogens (tertiary/aromatic N) is 1. The van der Waals surface area contributed by atoms with Crippen LogP contribution in [0, 0.1) is 12.7 Å². The molecule has 0 fully saturated rings. The van der Waals surface area contributed by atoms with Gasteiger partial charge in [0.15, 0.2) is 0 Å². The number of hydrogen-bond acceptors (Lipinski definition) is 4. The largest absolute Gasteiger partial charge is 0.316 e. The number of nitrogens with one attached hydrogen (secondary N) is 2. The quantitative estimate of drug-likeness (QED) is 0.887. The summed E-state index contributed by atoms with van der Waals surface area (Å²) in [6.45, 7) is 2.01. The first-order chi connectivity index (χ1) is 9.92. The number of sulfonamides is 1. The molecule has 1 aromatic heterocycles. The number of halogens is 1. The van der Waals surface area contributed by atoms with Crippen molar-refractivity contribution in [2.45, 2.75) is 18.4 Å². The minimum Gasteiger partial charge on any atom is -0.316 e. The minimum absolute atomic E-state index is 0.00236. The Morgan fingerprint density at radius 2 is 2.00 bits per heavy atom. The van der Waals surface area contributed by atoms with Gasteiger partial charge in [-0.3, -0.25) is 4.72 Å². The van der Waals surface area contributed by atoms with Gasteiger partial charge in [0.05, 0.1) is 4.90 Å². The SMILES string of the molecule is CNCc1cc(S(=O)(=O)Nc2cccc(C)n2)ccc1F. The van der Waals surface area contributed by atoms with Crippen LogP contribution in [-0.4, -0.2) is 20.4 Å². The Kier molecular flexibility index (Phi) is 4.54. The normalized spacial score (nSPS) is 11.4. The van der Waals surface area contributed by atoms with Gasteiger partial charge in [0, 0.05) is 17.8 Å². The van der Waals surface area contributed by atoms with Gasteiger partial charge in [-0.25, -0.2) is 17.8 Å². The van der Waals surface area contributed by atoms with Crippen molar-refractivity contribution in [1.82, 2.24) is 10.3 Å². The van der Waals surface area contributed by atoms with E-state index < -0.39 is 15.8 Å². The van der Waals surface area contributed by atoms with Crippen molar-refractivity contribution in [3.8, 4) is 0 Å². The number of rotatable bonds is 5. The second-order valence-corrected chi connectivity index (χ2v) is 6.24. The second kappa shape index (κ2) is 6.19. The predicted molar refractivity (Wildman–Crippen MR) is 78.9 cm³/mol. The van der Waals surface area contributed by atoms with Gasteiger partial charge in [0.25, 0.3) is 10.0 Å². The molecule has 0 bridgehead atoms. The summed E-state index contributed by atoms with van der Waals surface area (Å²) in [6, 6.07) is 8.71. The van der Waals surface area contributed by atoms with Gasteiger partial charge in [-0.15, -0.1) is 0 Å². The predicted octanol–water partition coefficient (Wildman–Crippen LogP) is 2.05. The summed E-state index contributed by atoms with van der Waals surface area (Å²) in [6.07, 6.45) is 0. The summed E-state index contributed by atoms with van der Waals surface area (Å²) >= 11 is 0. The Hall–Kier alpha value is -1.99.